The number of hydrogen-bond donors (Lipinski definition) is 0. The topological polar surface area (TPSA) is 29.4 Å². The molecule has 2 nitrogen and oxygen atoms in total. The van der Waals surface area contributed by atoms with Crippen molar-refractivity contribution >= 4 is 11.5 Å². The van der Waals surface area contributed by atoms with Crippen LogP contribution in [-0.2, 0) is 4.79 Å². The highest BCUT2D eigenvalue weighted by Crippen LogP contribution is 2.34. The minimum absolute atomic E-state index is 0.167. The van der Waals surface area contributed by atoms with Gasteiger partial charge in [0.05, 0.1) is 12.0 Å². The zero-order chi connectivity index (χ0) is 8.01. The highest BCUT2D eigenvalue weighted by molar-refractivity contribution is 6.07. The second kappa shape index (κ2) is 2.16. The van der Waals surface area contributed by atoms with E-state index in [1.807, 2.05) is 6.92 Å². The quantitative estimate of drug-likeness (QED) is 0.515. The Balaban J connectivity index is 2.37. The van der Waals surface area contributed by atoms with E-state index >= 15 is 0 Å². The molecule has 0 spiro atoms. The van der Waals surface area contributed by atoms with Crippen molar-refractivity contribution in [3.63, 3.8) is 0 Å². The molecule has 11 heavy (non-hydrogen) atoms. The van der Waals surface area contributed by atoms with Crippen molar-refractivity contribution in [1.82, 2.24) is 0 Å². The fourth-order valence-electron chi connectivity index (χ4n) is 2.44. The molecule has 3 aliphatic rings. The third-order valence-corrected chi connectivity index (χ3v) is 2.83. The second-order valence-corrected chi connectivity index (χ2v) is 3.79. The van der Waals surface area contributed by atoms with Crippen LogP contribution in [0.25, 0.3) is 0 Å². The number of hydrogen-bond acceptors (Lipinski definition) is 2. The smallest absolute Gasteiger partial charge is 0.143 e. The molecule has 2 heterocycles. The minimum Gasteiger partial charge on any atom is -0.299 e. The van der Waals surface area contributed by atoms with Crippen LogP contribution in [0.15, 0.2) is 4.99 Å². The van der Waals surface area contributed by atoms with Gasteiger partial charge in [-0.15, -0.1) is 0 Å². The van der Waals surface area contributed by atoms with Gasteiger partial charge in [0, 0.05) is 12.1 Å². The number of fused-ring (bicyclic) bond motifs is 2. The Morgan fingerprint density at radius 2 is 2.27 bits per heavy atom. The number of carbonyl (C=O) groups excluding carboxylic acids is 1. The first-order valence-corrected chi connectivity index (χ1v) is 4.25. The number of aliphatic imine (C=N–C) groups is 1. The summed E-state index contributed by atoms with van der Waals surface area (Å²) in [4.78, 5) is 15.8. The van der Waals surface area contributed by atoms with Crippen LogP contribution in [0.1, 0.15) is 26.7 Å². The van der Waals surface area contributed by atoms with Crippen molar-refractivity contribution < 1.29 is 4.79 Å². The summed E-state index contributed by atoms with van der Waals surface area (Å²) >= 11 is 0. The molecule has 3 rings (SSSR count). The van der Waals surface area contributed by atoms with Gasteiger partial charge in [-0.3, -0.25) is 9.79 Å². The maximum Gasteiger partial charge on any atom is 0.143 e. The average Bonchev–Trinajstić information content (AvgIpc) is 1.82. The van der Waals surface area contributed by atoms with Crippen molar-refractivity contribution in [2.45, 2.75) is 32.7 Å². The van der Waals surface area contributed by atoms with E-state index in [9.17, 15) is 4.79 Å². The van der Waals surface area contributed by atoms with Gasteiger partial charge in [0.1, 0.15) is 5.78 Å². The van der Waals surface area contributed by atoms with Crippen molar-refractivity contribution in [2.75, 3.05) is 0 Å². The Morgan fingerprint density at radius 3 is 2.64 bits per heavy atom. The van der Waals surface area contributed by atoms with Gasteiger partial charge >= 0.3 is 0 Å². The number of Topliss-reactive ketones (excluding diaryl/α,β-unsaturated/α-hetero) is 1. The van der Waals surface area contributed by atoms with Crippen LogP contribution in [0.4, 0.5) is 0 Å². The molecule has 0 radical (unpaired) electrons. The third kappa shape index (κ3) is 0.924. The van der Waals surface area contributed by atoms with Gasteiger partial charge < -0.3 is 0 Å². The standard InChI is InChI=1S/C9H13NO/c1-5-3-7-4-8(11)9(5)6(2)10-7/h5,7,9H,3-4H2,1-2H3/t5-,7+,9+/m1/s1. The number of carbonyl (C=O) groups is 1. The van der Waals surface area contributed by atoms with Crippen molar-refractivity contribution in [2.24, 2.45) is 16.8 Å². The van der Waals surface area contributed by atoms with E-state index < -0.39 is 0 Å². The Morgan fingerprint density at radius 1 is 1.55 bits per heavy atom. The molecule has 0 aromatic heterocycles. The molecular weight excluding hydrogens is 138 g/mol. The maximum absolute atomic E-state index is 11.4. The van der Waals surface area contributed by atoms with Crippen molar-refractivity contribution in [3.05, 3.63) is 0 Å². The van der Waals surface area contributed by atoms with Crippen LogP contribution in [0, 0.1) is 11.8 Å². The molecular formula is C9H13NO. The third-order valence-electron chi connectivity index (χ3n) is 2.83. The first-order chi connectivity index (χ1) is 5.18. The molecule has 0 aromatic carbocycles. The van der Waals surface area contributed by atoms with Crippen molar-refractivity contribution in [1.29, 1.82) is 0 Å². The predicted octanol–water partition coefficient (Wildman–Crippen LogP) is 1.44. The zero-order valence-electron chi connectivity index (χ0n) is 7.00. The molecule has 0 unspecified atom stereocenters. The van der Waals surface area contributed by atoms with Crippen LogP contribution in [0.2, 0.25) is 0 Å². The highest BCUT2D eigenvalue weighted by atomic mass is 16.1. The molecule has 1 aliphatic carbocycles. The SMILES string of the molecule is CC1=N[C@@H]2CC(=O)[C@H]1[C@H](C)C2. The molecule has 60 valence electrons. The molecule has 1 saturated carbocycles. The lowest BCUT2D eigenvalue weighted by atomic mass is 9.72. The summed E-state index contributed by atoms with van der Waals surface area (Å²) in [5.74, 6) is 1.12. The lowest BCUT2D eigenvalue weighted by Gasteiger charge is -2.36. The molecule has 0 amide bonds. The highest BCUT2D eigenvalue weighted by Gasteiger charge is 2.39. The van der Waals surface area contributed by atoms with Gasteiger partial charge in [0.2, 0.25) is 0 Å². The van der Waals surface area contributed by atoms with Crippen LogP contribution >= 0.6 is 0 Å². The molecule has 1 fully saturated rings. The summed E-state index contributed by atoms with van der Waals surface area (Å²) in [6, 6.07) is 0.322. The molecule has 0 aromatic rings. The molecule has 2 bridgehead atoms. The lowest BCUT2D eigenvalue weighted by molar-refractivity contribution is -0.124. The van der Waals surface area contributed by atoms with Gasteiger partial charge in [0.15, 0.2) is 0 Å². The van der Waals surface area contributed by atoms with E-state index in [-0.39, 0.29) is 5.92 Å². The number of ketones is 1. The van der Waals surface area contributed by atoms with E-state index in [1.165, 1.54) is 0 Å². The van der Waals surface area contributed by atoms with Gasteiger partial charge in [0.25, 0.3) is 0 Å². The van der Waals surface area contributed by atoms with Gasteiger partial charge in [-0.05, 0) is 19.3 Å². The average molecular weight is 151 g/mol. The Bertz CT molecular complexity index is 232. The van der Waals surface area contributed by atoms with E-state index in [4.69, 9.17) is 0 Å². The fourth-order valence-corrected chi connectivity index (χ4v) is 2.44. The molecule has 0 saturated heterocycles. The van der Waals surface area contributed by atoms with Gasteiger partial charge in [-0.25, -0.2) is 0 Å². The predicted molar refractivity (Wildman–Crippen MR) is 43.8 cm³/mol. The van der Waals surface area contributed by atoms with Gasteiger partial charge in [-0.2, -0.15) is 0 Å². The van der Waals surface area contributed by atoms with Crippen LogP contribution < -0.4 is 0 Å². The van der Waals surface area contributed by atoms with Gasteiger partial charge in [-0.1, -0.05) is 6.92 Å². The summed E-state index contributed by atoms with van der Waals surface area (Å²) in [6.07, 6.45) is 1.82. The molecule has 0 N–H and O–H groups in total. The summed E-state index contributed by atoms with van der Waals surface area (Å²) in [7, 11) is 0. The largest absolute Gasteiger partial charge is 0.299 e. The zero-order valence-corrected chi connectivity index (χ0v) is 7.00. The normalized spacial score (nSPS) is 42.5. The van der Waals surface area contributed by atoms with E-state index in [0.29, 0.717) is 24.2 Å². The van der Waals surface area contributed by atoms with E-state index in [2.05, 4.69) is 11.9 Å². The van der Waals surface area contributed by atoms with E-state index in [0.717, 1.165) is 12.1 Å². The Kier molecular flexibility index (Phi) is 1.38. The molecule has 3 atom stereocenters. The first-order valence-electron chi connectivity index (χ1n) is 4.25. The Labute approximate surface area is 66.7 Å². The summed E-state index contributed by atoms with van der Waals surface area (Å²) < 4.78 is 0. The molecule has 2 aliphatic heterocycles. The van der Waals surface area contributed by atoms with Crippen molar-refractivity contribution in [3.8, 4) is 0 Å². The summed E-state index contributed by atoms with van der Waals surface area (Å²) in [5.41, 5.74) is 1.07. The second-order valence-electron chi connectivity index (χ2n) is 3.79. The van der Waals surface area contributed by atoms with E-state index in [1.54, 1.807) is 0 Å². The maximum atomic E-state index is 11.4. The Hall–Kier alpha value is -0.660. The first kappa shape index (κ1) is 7.01. The summed E-state index contributed by atoms with van der Waals surface area (Å²) in [6.45, 7) is 4.15. The lowest BCUT2D eigenvalue weighted by Crippen LogP contribution is -2.42. The number of rotatable bonds is 0. The van der Waals surface area contributed by atoms with Crippen LogP contribution in [0.5, 0.6) is 0 Å². The minimum atomic E-state index is 0.167. The molecule has 2 heteroatoms. The number of nitrogens with zero attached hydrogens (tertiary/aromatic N) is 1. The van der Waals surface area contributed by atoms with Crippen LogP contribution in [0.3, 0.4) is 0 Å². The monoisotopic (exact) mass is 151 g/mol. The van der Waals surface area contributed by atoms with Crippen LogP contribution in [-0.4, -0.2) is 17.5 Å². The summed E-state index contributed by atoms with van der Waals surface area (Å²) in [5, 5.41) is 0. The fraction of sp³-hybridized carbons (Fsp3) is 0.778.